The Morgan fingerprint density at radius 1 is 0.500 bits per heavy atom. The Morgan fingerprint density at radius 3 is 0.750 bits per heavy atom. The molecular weight excluding hydrogens is 372 g/mol. The van der Waals surface area contributed by atoms with Crippen molar-refractivity contribution in [3.63, 3.8) is 0 Å². The summed E-state index contributed by atoms with van der Waals surface area (Å²) in [6.45, 7) is 6.34. The molecule has 10 nitrogen and oxygen atoms in total. The quantitative estimate of drug-likeness (QED) is 0.613. The van der Waals surface area contributed by atoms with Crippen LogP contribution in [0.3, 0.4) is 0 Å². The summed E-state index contributed by atoms with van der Waals surface area (Å²) >= 11 is 0. The van der Waals surface area contributed by atoms with Crippen molar-refractivity contribution in [2.75, 3.05) is 0 Å². The second kappa shape index (κ2) is 7.99. The van der Waals surface area contributed by atoms with Gasteiger partial charge in [0.1, 0.15) is 0 Å². The molecule has 0 unspecified atom stereocenters. The first-order chi connectivity index (χ1) is 12.7. The van der Waals surface area contributed by atoms with Gasteiger partial charge in [0, 0.05) is 36.9 Å². The molecular formula is C18H22N2O8. The third kappa shape index (κ3) is 3.75. The molecule has 2 rings (SSSR count). The lowest BCUT2D eigenvalue weighted by molar-refractivity contribution is 0.0651. The minimum absolute atomic E-state index is 0.127. The van der Waals surface area contributed by atoms with Gasteiger partial charge in [-0.1, -0.05) is 0 Å². The third-order valence-corrected chi connectivity index (χ3v) is 4.82. The van der Waals surface area contributed by atoms with E-state index in [0.717, 1.165) is 0 Å². The number of aromatic carboxylic acids is 4. The summed E-state index contributed by atoms with van der Waals surface area (Å²) < 4.78 is 3.12. The van der Waals surface area contributed by atoms with Crippen LogP contribution in [-0.4, -0.2) is 53.4 Å². The van der Waals surface area contributed by atoms with Gasteiger partial charge in [0.2, 0.25) is 0 Å². The minimum Gasteiger partial charge on any atom is -0.478 e. The number of carboxylic acids is 4. The van der Waals surface area contributed by atoms with Gasteiger partial charge in [0.05, 0.1) is 22.3 Å². The number of carbonyl (C=O) groups is 4. The summed E-state index contributed by atoms with van der Waals surface area (Å²) in [5.41, 5.74) is 1.30. The van der Waals surface area contributed by atoms with Crippen LogP contribution in [0.15, 0.2) is 0 Å². The van der Waals surface area contributed by atoms with E-state index in [1.165, 1.54) is 0 Å². The van der Waals surface area contributed by atoms with Crippen molar-refractivity contribution < 1.29 is 39.6 Å². The SMILES string of the molecule is Cc1c(C(=O)O)c(C(=O)O)c(C)n1C.Cc1c(C(=O)O)c(C(=O)O)c(C)n1C. The van der Waals surface area contributed by atoms with Crippen molar-refractivity contribution in [2.45, 2.75) is 27.7 Å². The topological polar surface area (TPSA) is 159 Å². The van der Waals surface area contributed by atoms with Gasteiger partial charge in [-0.05, 0) is 27.7 Å². The van der Waals surface area contributed by atoms with Crippen LogP contribution >= 0.6 is 0 Å². The van der Waals surface area contributed by atoms with Gasteiger partial charge < -0.3 is 29.6 Å². The highest BCUT2D eigenvalue weighted by atomic mass is 16.4. The Bertz CT molecular complexity index is 839. The first-order valence-corrected chi connectivity index (χ1v) is 8.00. The van der Waals surface area contributed by atoms with Gasteiger partial charge in [0.15, 0.2) is 0 Å². The fourth-order valence-corrected chi connectivity index (χ4v) is 2.94. The van der Waals surface area contributed by atoms with E-state index in [4.69, 9.17) is 20.4 Å². The number of carboxylic acid groups (broad SMARTS) is 4. The summed E-state index contributed by atoms with van der Waals surface area (Å²) in [5, 5.41) is 35.4. The molecule has 28 heavy (non-hydrogen) atoms. The van der Waals surface area contributed by atoms with Gasteiger partial charge in [-0.25, -0.2) is 19.2 Å². The molecule has 0 spiro atoms. The van der Waals surface area contributed by atoms with Crippen molar-refractivity contribution in [3.05, 3.63) is 45.0 Å². The number of hydrogen-bond acceptors (Lipinski definition) is 4. The Kier molecular flexibility index (Phi) is 6.41. The summed E-state index contributed by atoms with van der Waals surface area (Å²) in [6, 6.07) is 0. The average molecular weight is 394 g/mol. The molecule has 0 radical (unpaired) electrons. The van der Waals surface area contributed by atoms with Crippen molar-refractivity contribution in [1.82, 2.24) is 9.13 Å². The van der Waals surface area contributed by atoms with Crippen LogP contribution in [-0.2, 0) is 14.1 Å². The van der Waals surface area contributed by atoms with Crippen LogP contribution in [0.5, 0.6) is 0 Å². The largest absolute Gasteiger partial charge is 0.478 e. The van der Waals surface area contributed by atoms with E-state index in [9.17, 15) is 19.2 Å². The molecule has 4 N–H and O–H groups in total. The molecule has 0 bridgehead atoms. The molecule has 0 fully saturated rings. The molecule has 10 heteroatoms. The lowest BCUT2D eigenvalue weighted by atomic mass is 10.1. The first-order valence-electron chi connectivity index (χ1n) is 8.00. The van der Waals surface area contributed by atoms with E-state index in [1.807, 2.05) is 0 Å². The molecule has 2 aromatic rings. The normalized spacial score (nSPS) is 10.2. The molecule has 0 aromatic carbocycles. The highest BCUT2D eigenvalue weighted by Crippen LogP contribution is 2.22. The van der Waals surface area contributed by atoms with Crippen LogP contribution in [0.4, 0.5) is 0 Å². The summed E-state index contributed by atoms with van der Waals surface area (Å²) in [4.78, 5) is 43.3. The average Bonchev–Trinajstić information content (AvgIpc) is 2.95. The van der Waals surface area contributed by atoms with E-state index in [0.29, 0.717) is 22.8 Å². The predicted octanol–water partition coefficient (Wildman–Crippen LogP) is 2.08. The number of rotatable bonds is 4. The maximum atomic E-state index is 10.8. The van der Waals surface area contributed by atoms with Gasteiger partial charge >= 0.3 is 23.9 Å². The fourth-order valence-electron chi connectivity index (χ4n) is 2.94. The number of hydrogen-bond donors (Lipinski definition) is 4. The molecule has 152 valence electrons. The molecule has 0 aliphatic rings. The second-order valence-electron chi connectivity index (χ2n) is 6.18. The Morgan fingerprint density at radius 2 is 0.643 bits per heavy atom. The Balaban J connectivity index is 0.000000280. The van der Waals surface area contributed by atoms with E-state index < -0.39 is 23.9 Å². The van der Waals surface area contributed by atoms with Gasteiger partial charge in [-0.3, -0.25) is 0 Å². The molecule has 2 heterocycles. The zero-order valence-corrected chi connectivity index (χ0v) is 16.3. The molecule has 0 amide bonds. The predicted molar refractivity (Wildman–Crippen MR) is 97.6 cm³/mol. The number of nitrogens with zero attached hydrogens (tertiary/aromatic N) is 2. The second-order valence-corrected chi connectivity index (χ2v) is 6.18. The van der Waals surface area contributed by atoms with Crippen molar-refractivity contribution in [1.29, 1.82) is 0 Å². The maximum Gasteiger partial charge on any atom is 0.338 e. The zero-order valence-electron chi connectivity index (χ0n) is 16.3. The van der Waals surface area contributed by atoms with Gasteiger partial charge in [-0.15, -0.1) is 0 Å². The van der Waals surface area contributed by atoms with Crippen LogP contribution in [0.1, 0.15) is 64.2 Å². The van der Waals surface area contributed by atoms with Crippen molar-refractivity contribution in [3.8, 4) is 0 Å². The fraction of sp³-hybridized carbons (Fsp3) is 0.333. The molecule has 0 aliphatic carbocycles. The maximum absolute atomic E-state index is 10.8. The summed E-state index contributed by atoms with van der Waals surface area (Å²) in [7, 11) is 3.28. The molecule has 0 saturated carbocycles. The van der Waals surface area contributed by atoms with Crippen LogP contribution in [0.2, 0.25) is 0 Å². The molecule has 2 aromatic heterocycles. The summed E-state index contributed by atoms with van der Waals surface area (Å²) in [6.07, 6.45) is 0. The van der Waals surface area contributed by atoms with Crippen molar-refractivity contribution >= 4 is 23.9 Å². The highest BCUT2D eigenvalue weighted by molar-refractivity contribution is 6.04. The van der Waals surface area contributed by atoms with Crippen LogP contribution in [0.25, 0.3) is 0 Å². The minimum atomic E-state index is -1.20. The smallest absolute Gasteiger partial charge is 0.338 e. The molecule has 0 saturated heterocycles. The highest BCUT2D eigenvalue weighted by Gasteiger charge is 2.26. The van der Waals surface area contributed by atoms with Crippen LogP contribution in [0, 0.1) is 27.7 Å². The standard InChI is InChI=1S/2C9H11NO4/c2*1-4-6(8(11)12)7(9(13)14)5(2)10(4)3/h2*1-3H3,(H,11,12)(H,13,14). The number of aromatic nitrogens is 2. The van der Waals surface area contributed by atoms with Gasteiger partial charge in [-0.2, -0.15) is 0 Å². The van der Waals surface area contributed by atoms with Gasteiger partial charge in [0.25, 0.3) is 0 Å². The lowest BCUT2D eigenvalue weighted by Crippen LogP contribution is -2.07. The molecule has 0 atom stereocenters. The Hall–Kier alpha value is -3.56. The third-order valence-electron chi connectivity index (χ3n) is 4.82. The van der Waals surface area contributed by atoms with E-state index >= 15 is 0 Å². The Labute approximate surface area is 160 Å². The first kappa shape index (κ1) is 22.5. The van der Waals surface area contributed by atoms with E-state index in [2.05, 4.69) is 0 Å². The van der Waals surface area contributed by atoms with Crippen molar-refractivity contribution in [2.24, 2.45) is 14.1 Å². The van der Waals surface area contributed by atoms with E-state index in [-0.39, 0.29) is 22.3 Å². The lowest BCUT2D eigenvalue weighted by Gasteiger charge is -1.98. The van der Waals surface area contributed by atoms with Crippen LogP contribution < -0.4 is 0 Å². The molecule has 0 aliphatic heterocycles. The monoisotopic (exact) mass is 394 g/mol. The summed E-state index contributed by atoms with van der Waals surface area (Å²) in [5.74, 6) is -4.82. The zero-order chi connectivity index (χ0) is 22.1. The van der Waals surface area contributed by atoms with E-state index in [1.54, 1.807) is 50.9 Å².